The van der Waals surface area contributed by atoms with Crippen LogP contribution in [0.1, 0.15) is 26.0 Å². The molecule has 2 heterocycles. The van der Waals surface area contributed by atoms with Gasteiger partial charge in [-0.2, -0.15) is 13.2 Å². The lowest BCUT2D eigenvalue weighted by Crippen LogP contribution is -2.41. The van der Waals surface area contributed by atoms with Gasteiger partial charge < -0.3 is 14.7 Å². The lowest BCUT2D eigenvalue weighted by Gasteiger charge is -2.26. The first-order chi connectivity index (χ1) is 11.9. The minimum absolute atomic E-state index is 0.207. The highest BCUT2D eigenvalue weighted by Crippen LogP contribution is 2.21. The lowest BCUT2D eigenvalue weighted by molar-refractivity contribution is -0.146. The largest absolute Gasteiger partial charge is 0.401 e. The topological polar surface area (TPSA) is 56.9 Å². The molecule has 2 rings (SSSR count). The Bertz CT molecular complexity index is 532. The summed E-state index contributed by atoms with van der Waals surface area (Å²) in [7, 11) is 0. The summed E-state index contributed by atoms with van der Waals surface area (Å²) < 4.78 is 42.6. The quantitative estimate of drug-likeness (QED) is 0.597. The van der Waals surface area contributed by atoms with Crippen LogP contribution in [0.4, 0.5) is 13.2 Å². The summed E-state index contributed by atoms with van der Waals surface area (Å²) in [5.41, 5.74) is 0.744. The van der Waals surface area contributed by atoms with Crippen molar-refractivity contribution in [3.8, 4) is 0 Å². The molecule has 0 bridgehead atoms. The first-order valence-corrected chi connectivity index (χ1v) is 8.63. The highest BCUT2D eigenvalue weighted by molar-refractivity contribution is 5.80. The van der Waals surface area contributed by atoms with E-state index >= 15 is 0 Å². The van der Waals surface area contributed by atoms with Crippen molar-refractivity contribution in [3.63, 3.8) is 0 Å². The number of nitrogens with zero attached hydrogens (tertiary/aromatic N) is 4. The zero-order chi connectivity index (χ0) is 18.3. The molecule has 0 saturated carbocycles. The third-order valence-electron chi connectivity index (χ3n) is 4.17. The third-order valence-corrected chi connectivity index (χ3v) is 4.17. The molecule has 1 aromatic heterocycles. The maximum Gasteiger partial charge on any atom is 0.401 e. The van der Waals surface area contributed by atoms with Crippen molar-refractivity contribution in [2.75, 3.05) is 39.3 Å². The number of aliphatic imine (C=N–C) groups is 1. The molecule has 1 aliphatic heterocycles. The van der Waals surface area contributed by atoms with Gasteiger partial charge in [-0.1, -0.05) is 12.1 Å². The van der Waals surface area contributed by atoms with E-state index in [1.54, 1.807) is 13.0 Å². The molecule has 1 atom stereocenters. The van der Waals surface area contributed by atoms with Gasteiger partial charge in [-0.3, -0.25) is 4.90 Å². The second-order valence-corrected chi connectivity index (χ2v) is 6.20. The van der Waals surface area contributed by atoms with E-state index in [9.17, 15) is 13.2 Å². The number of halogens is 3. The first kappa shape index (κ1) is 19.6. The number of aromatic nitrogens is 1. The molecule has 1 unspecified atom stereocenters. The summed E-state index contributed by atoms with van der Waals surface area (Å²) in [5.74, 6) is 0.977. The van der Waals surface area contributed by atoms with Crippen molar-refractivity contribution < 1.29 is 17.7 Å². The van der Waals surface area contributed by atoms with Gasteiger partial charge in [-0.05, 0) is 25.8 Å². The third kappa shape index (κ3) is 6.56. The molecule has 0 radical (unpaired) electrons. The smallest absolute Gasteiger partial charge is 0.364 e. The van der Waals surface area contributed by atoms with Gasteiger partial charge in [0.25, 0.3) is 0 Å². The number of likely N-dealkylation sites (tertiary alicyclic amines) is 1. The van der Waals surface area contributed by atoms with Gasteiger partial charge in [0.15, 0.2) is 5.96 Å². The van der Waals surface area contributed by atoms with Gasteiger partial charge in [-0.25, -0.2) is 4.99 Å². The fraction of sp³-hybridized carbons (Fsp3) is 0.750. The first-order valence-electron chi connectivity index (χ1n) is 8.63. The van der Waals surface area contributed by atoms with Crippen LogP contribution in [0.3, 0.4) is 0 Å². The van der Waals surface area contributed by atoms with E-state index < -0.39 is 12.7 Å². The van der Waals surface area contributed by atoms with Gasteiger partial charge in [-0.15, -0.1) is 0 Å². The van der Waals surface area contributed by atoms with E-state index in [-0.39, 0.29) is 5.92 Å². The van der Waals surface area contributed by atoms with Crippen molar-refractivity contribution in [3.05, 3.63) is 18.0 Å². The summed E-state index contributed by atoms with van der Waals surface area (Å²) in [5, 5.41) is 7.07. The van der Waals surface area contributed by atoms with Crippen molar-refractivity contribution in [1.29, 1.82) is 0 Å². The average molecular weight is 361 g/mol. The molecule has 142 valence electrons. The van der Waals surface area contributed by atoms with Gasteiger partial charge in [0, 0.05) is 32.2 Å². The highest BCUT2D eigenvalue weighted by atomic mass is 19.4. The van der Waals surface area contributed by atoms with E-state index in [0.29, 0.717) is 26.2 Å². The van der Waals surface area contributed by atoms with Gasteiger partial charge in [0.05, 0.1) is 13.1 Å². The molecule has 25 heavy (non-hydrogen) atoms. The maximum atomic E-state index is 12.6. The van der Waals surface area contributed by atoms with Crippen LogP contribution in [0, 0.1) is 5.92 Å². The average Bonchev–Trinajstić information content (AvgIpc) is 3.21. The van der Waals surface area contributed by atoms with Gasteiger partial charge in [0.1, 0.15) is 12.0 Å². The Morgan fingerprint density at radius 3 is 2.88 bits per heavy atom. The molecule has 6 nitrogen and oxygen atoms in total. The Morgan fingerprint density at radius 2 is 2.28 bits per heavy atom. The molecule has 0 amide bonds. The molecule has 0 aromatic carbocycles. The van der Waals surface area contributed by atoms with Crippen LogP contribution < -0.4 is 5.32 Å². The van der Waals surface area contributed by atoms with E-state index in [0.717, 1.165) is 31.2 Å². The van der Waals surface area contributed by atoms with Crippen LogP contribution in [0.15, 0.2) is 21.8 Å². The zero-order valence-corrected chi connectivity index (χ0v) is 14.7. The molecule has 1 N–H and O–H groups in total. The van der Waals surface area contributed by atoms with Crippen LogP contribution in [-0.2, 0) is 6.54 Å². The van der Waals surface area contributed by atoms with E-state index in [1.165, 1.54) is 11.2 Å². The Hall–Kier alpha value is -1.77. The molecule has 1 fully saturated rings. The Labute approximate surface area is 146 Å². The van der Waals surface area contributed by atoms with Crippen molar-refractivity contribution in [1.82, 2.24) is 20.3 Å². The minimum Gasteiger partial charge on any atom is -0.364 e. The maximum absolute atomic E-state index is 12.6. The van der Waals surface area contributed by atoms with Crippen LogP contribution in [0.5, 0.6) is 0 Å². The summed E-state index contributed by atoms with van der Waals surface area (Å²) in [6.45, 7) is 6.40. The van der Waals surface area contributed by atoms with Crippen molar-refractivity contribution >= 4 is 5.96 Å². The fourth-order valence-electron chi connectivity index (χ4n) is 3.00. The van der Waals surface area contributed by atoms with E-state index in [2.05, 4.69) is 20.4 Å². The molecule has 1 aliphatic rings. The predicted octanol–water partition coefficient (Wildman–Crippen LogP) is 2.35. The Morgan fingerprint density at radius 1 is 1.48 bits per heavy atom. The van der Waals surface area contributed by atoms with Crippen LogP contribution in [-0.4, -0.2) is 66.4 Å². The number of guanidine groups is 1. The number of hydrogen-bond donors (Lipinski definition) is 1. The summed E-state index contributed by atoms with van der Waals surface area (Å²) in [6.07, 6.45) is -1.78. The standard InChI is InChI=1S/C16H26F3N5O/c1-3-20-15(21-9-14-6-8-25-22-14)24-7-5-13(11-24)10-23(4-2)12-16(17,18)19/h6,8,13H,3-5,7,9-12H2,1-2H3,(H,20,21). The molecule has 1 aromatic rings. The molecular formula is C16H26F3N5O. The predicted molar refractivity (Wildman–Crippen MR) is 89.2 cm³/mol. The van der Waals surface area contributed by atoms with E-state index in [4.69, 9.17) is 4.52 Å². The molecule has 9 heteroatoms. The lowest BCUT2D eigenvalue weighted by atomic mass is 10.1. The van der Waals surface area contributed by atoms with Gasteiger partial charge in [0.2, 0.25) is 0 Å². The van der Waals surface area contributed by atoms with Crippen molar-refractivity contribution in [2.45, 2.75) is 33.0 Å². The number of rotatable bonds is 7. The number of nitrogens with one attached hydrogen (secondary N) is 1. The second-order valence-electron chi connectivity index (χ2n) is 6.20. The molecule has 1 saturated heterocycles. The van der Waals surface area contributed by atoms with Crippen LogP contribution in [0.2, 0.25) is 0 Å². The summed E-state index contributed by atoms with van der Waals surface area (Å²) in [6, 6.07) is 1.76. The summed E-state index contributed by atoms with van der Waals surface area (Å²) in [4.78, 5) is 8.12. The zero-order valence-electron chi connectivity index (χ0n) is 14.7. The number of alkyl halides is 3. The monoisotopic (exact) mass is 361 g/mol. The van der Waals surface area contributed by atoms with Crippen LogP contribution >= 0.6 is 0 Å². The summed E-state index contributed by atoms with van der Waals surface area (Å²) >= 11 is 0. The Balaban J connectivity index is 1.90. The number of hydrogen-bond acceptors (Lipinski definition) is 4. The highest BCUT2D eigenvalue weighted by Gasteiger charge is 2.32. The second kappa shape index (κ2) is 9.07. The molecule has 0 aliphatic carbocycles. The minimum atomic E-state index is -4.15. The normalized spacial score (nSPS) is 19.0. The Kier molecular flexibility index (Phi) is 7.10. The fourth-order valence-corrected chi connectivity index (χ4v) is 3.00. The van der Waals surface area contributed by atoms with E-state index in [1.807, 2.05) is 6.92 Å². The van der Waals surface area contributed by atoms with Gasteiger partial charge >= 0.3 is 6.18 Å². The van der Waals surface area contributed by atoms with Crippen LogP contribution in [0.25, 0.3) is 0 Å². The SMILES string of the molecule is CCNC(=NCc1ccon1)N1CCC(CN(CC)CC(F)(F)F)C1. The molecular weight excluding hydrogens is 335 g/mol. The molecule has 0 spiro atoms. The van der Waals surface area contributed by atoms with Crippen molar-refractivity contribution in [2.24, 2.45) is 10.9 Å².